The van der Waals surface area contributed by atoms with Crippen molar-refractivity contribution in [1.82, 2.24) is 15.2 Å². The van der Waals surface area contributed by atoms with Crippen molar-refractivity contribution in [1.29, 1.82) is 0 Å². The van der Waals surface area contributed by atoms with E-state index in [0.717, 1.165) is 10.5 Å². The molecule has 2 aliphatic heterocycles. The van der Waals surface area contributed by atoms with Crippen LogP contribution in [0, 0.1) is 0 Å². The number of nitrogens with one attached hydrogen (secondary N) is 2. The first-order valence-electron chi connectivity index (χ1n) is 10.2. The van der Waals surface area contributed by atoms with Crippen LogP contribution >= 0.6 is 11.6 Å². The molecule has 0 saturated carbocycles. The van der Waals surface area contributed by atoms with Crippen LogP contribution in [0.25, 0.3) is 11.5 Å². The summed E-state index contributed by atoms with van der Waals surface area (Å²) < 4.78 is 5.78. The molecule has 0 spiro atoms. The first kappa shape index (κ1) is 20.9. The molecular formula is C23H17ClN4O5. The van der Waals surface area contributed by atoms with E-state index in [1.807, 2.05) is 0 Å². The number of benzene rings is 2. The summed E-state index contributed by atoms with van der Waals surface area (Å²) in [5, 5.41) is 5.91. The Balaban J connectivity index is 1.35. The molecule has 2 N–H and O–H groups in total. The molecule has 2 aromatic carbocycles. The smallest absolute Gasteiger partial charge is 0.264 e. The maximum Gasteiger partial charge on any atom is 0.264 e. The quantitative estimate of drug-likeness (QED) is 0.556. The van der Waals surface area contributed by atoms with Crippen molar-refractivity contribution in [2.24, 2.45) is 0 Å². The number of oxazole rings is 1. The summed E-state index contributed by atoms with van der Waals surface area (Å²) >= 11 is 5.91. The van der Waals surface area contributed by atoms with E-state index in [2.05, 4.69) is 15.6 Å². The monoisotopic (exact) mass is 464 g/mol. The number of rotatable bonds is 5. The zero-order valence-corrected chi connectivity index (χ0v) is 17.9. The van der Waals surface area contributed by atoms with Crippen LogP contribution in [0.1, 0.15) is 39.3 Å². The van der Waals surface area contributed by atoms with Gasteiger partial charge in [-0.3, -0.25) is 29.4 Å². The Labute approximate surface area is 192 Å². The molecule has 0 bridgehead atoms. The van der Waals surface area contributed by atoms with Gasteiger partial charge in [0.2, 0.25) is 17.7 Å². The number of carbonyl (C=O) groups excluding carboxylic acids is 4. The summed E-state index contributed by atoms with van der Waals surface area (Å²) in [5.74, 6) is -1.25. The number of hydrogen-bond acceptors (Lipinski definition) is 7. The molecule has 33 heavy (non-hydrogen) atoms. The molecule has 1 aromatic heterocycles. The van der Waals surface area contributed by atoms with Crippen LogP contribution in [-0.2, 0) is 16.1 Å². The fourth-order valence-corrected chi connectivity index (χ4v) is 4.09. The second-order valence-corrected chi connectivity index (χ2v) is 8.10. The van der Waals surface area contributed by atoms with Crippen molar-refractivity contribution >= 4 is 40.9 Å². The van der Waals surface area contributed by atoms with Gasteiger partial charge in [0.1, 0.15) is 11.8 Å². The lowest BCUT2D eigenvalue weighted by atomic mass is 10.0. The number of anilines is 1. The van der Waals surface area contributed by atoms with Crippen LogP contribution in [0.4, 0.5) is 5.69 Å². The number of aromatic nitrogens is 1. The molecule has 1 fully saturated rings. The minimum Gasteiger partial charge on any atom is -0.439 e. The fraction of sp³-hybridized carbons (Fsp3) is 0.174. The van der Waals surface area contributed by atoms with E-state index in [4.69, 9.17) is 16.0 Å². The molecule has 3 heterocycles. The molecule has 5 rings (SSSR count). The highest BCUT2D eigenvalue weighted by Crippen LogP contribution is 2.32. The van der Waals surface area contributed by atoms with Crippen molar-refractivity contribution in [2.45, 2.75) is 25.4 Å². The highest BCUT2D eigenvalue weighted by atomic mass is 35.5. The van der Waals surface area contributed by atoms with Crippen LogP contribution in [0.5, 0.6) is 0 Å². The van der Waals surface area contributed by atoms with E-state index in [9.17, 15) is 19.2 Å². The largest absolute Gasteiger partial charge is 0.439 e. The summed E-state index contributed by atoms with van der Waals surface area (Å²) in [7, 11) is 0. The molecule has 3 aromatic rings. The molecule has 2 aliphatic rings. The van der Waals surface area contributed by atoms with Gasteiger partial charge in [0.25, 0.3) is 11.8 Å². The summed E-state index contributed by atoms with van der Waals surface area (Å²) in [5.41, 5.74) is 1.59. The van der Waals surface area contributed by atoms with Crippen molar-refractivity contribution in [3.63, 3.8) is 0 Å². The molecule has 0 radical (unpaired) electrons. The Kier molecular flexibility index (Phi) is 5.18. The molecule has 10 heteroatoms. The van der Waals surface area contributed by atoms with Gasteiger partial charge >= 0.3 is 0 Å². The lowest BCUT2D eigenvalue weighted by Crippen LogP contribution is -2.54. The van der Waals surface area contributed by atoms with E-state index >= 15 is 0 Å². The number of amides is 4. The van der Waals surface area contributed by atoms with Crippen molar-refractivity contribution in [3.8, 4) is 11.5 Å². The van der Waals surface area contributed by atoms with Crippen molar-refractivity contribution in [2.75, 3.05) is 5.32 Å². The van der Waals surface area contributed by atoms with Gasteiger partial charge in [-0.05, 0) is 42.8 Å². The fourth-order valence-electron chi connectivity index (χ4n) is 3.96. The maximum atomic E-state index is 13.1. The Morgan fingerprint density at radius 2 is 1.88 bits per heavy atom. The first-order chi connectivity index (χ1) is 15.9. The summed E-state index contributed by atoms with van der Waals surface area (Å²) in [6, 6.07) is 10.9. The standard InChI is InChI=1S/C23H17ClN4O5/c24-13-6-4-12(5-7-13)21-26-11-14(33-21)10-25-16-3-1-2-15-19(16)23(32)28(22(15)31)17-8-9-18(29)27-20(17)30/h1-7,11,17,25H,8-10H2,(H,27,29,30). The number of halogens is 1. The summed E-state index contributed by atoms with van der Waals surface area (Å²) in [6.07, 6.45) is 1.74. The molecule has 1 saturated heterocycles. The van der Waals surface area contributed by atoms with E-state index in [0.29, 0.717) is 22.4 Å². The molecule has 166 valence electrons. The Morgan fingerprint density at radius 3 is 2.64 bits per heavy atom. The zero-order valence-electron chi connectivity index (χ0n) is 17.1. The van der Waals surface area contributed by atoms with Crippen LogP contribution in [-0.4, -0.2) is 39.6 Å². The molecular weight excluding hydrogens is 448 g/mol. The number of hydrogen-bond donors (Lipinski definition) is 2. The van der Waals surface area contributed by atoms with Gasteiger partial charge in [0, 0.05) is 22.7 Å². The summed E-state index contributed by atoms with van der Waals surface area (Å²) in [4.78, 5) is 54.9. The lowest BCUT2D eigenvalue weighted by molar-refractivity contribution is -0.136. The zero-order chi connectivity index (χ0) is 23.1. The third kappa shape index (κ3) is 3.76. The summed E-state index contributed by atoms with van der Waals surface area (Å²) in [6.45, 7) is 0.219. The maximum absolute atomic E-state index is 13.1. The number of piperidine rings is 1. The van der Waals surface area contributed by atoms with Gasteiger partial charge in [0.05, 0.1) is 23.9 Å². The third-order valence-electron chi connectivity index (χ3n) is 5.57. The number of carbonyl (C=O) groups is 4. The minimum atomic E-state index is -1.01. The van der Waals surface area contributed by atoms with Crippen molar-refractivity contribution in [3.05, 3.63) is 70.6 Å². The first-order valence-corrected chi connectivity index (χ1v) is 10.6. The van der Waals surface area contributed by atoms with Crippen LogP contribution in [0.2, 0.25) is 5.02 Å². The molecule has 1 atom stereocenters. The topological polar surface area (TPSA) is 122 Å². The highest BCUT2D eigenvalue weighted by molar-refractivity contribution is 6.30. The normalized spacial score (nSPS) is 17.8. The van der Waals surface area contributed by atoms with Crippen LogP contribution in [0.3, 0.4) is 0 Å². The predicted molar refractivity (Wildman–Crippen MR) is 117 cm³/mol. The van der Waals surface area contributed by atoms with E-state index in [1.54, 1.807) is 48.7 Å². The van der Waals surface area contributed by atoms with Crippen LogP contribution < -0.4 is 10.6 Å². The molecule has 9 nitrogen and oxygen atoms in total. The van der Waals surface area contributed by atoms with Crippen LogP contribution in [0.15, 0.2) is 53.1 Å². The Hall–Kier alpha value is -3.98. The average molecular weight is 465 g/mol. The van der Waals surface area contributed by atoms with Gasteiger partial charge in [-0.25, -0.2) is 4.98 Å². The van der Waals surface area contributed by atoms with Gasteiger partial charge in [-0.2, -0.15) is 0 Å². The second-order valence-electron chi connectivity index (χ2n) is 7.67. The number of imide groups is 2. The molecule has 4 amide bonds. The highest BCUT2D eigenvalue weighted by Gasteiger charge is 2.45. The second kappa shape index (κ2) is 8.18. The van der Waals surface area contributed by atoms with Gasteiger partial charge < -0.3 is 9.73 Å². The SMILES string of the molecule is O=C1CCC(N2C(=O)c3cccc(NCc4cnc(-c5ccc(Cl)cc5)o4)c3C2=O)C(=O)N1. The van der Waals surface area contributed by atoms with Crippen molar-refractivity contribution < 1.29 is 23.6 Å². The van der Waals surface area contributed by atoms with E-state index < -0.39 is 29.7 Å². The van der Waals surface area contributed by atoms with E-state index in [-0.39, 0.29) is 30.5 Å². The molecule has 0 aliphatic carbocycles. The van der Waals surface area contributed by atoms with Gasteiger partial charge in [-0.15, -0.1) is 0 Å². The Bertz CT molecular complexity index is 1300. The Morgan fingerprint density at radius 1 is 1.09 bits per heavy atom. The van der Waals surface area contributed by atoms with Gasteiger partial charge in [-0.1, -0.05) is 17.7 Å². The predicted octanol–water partition coefficient (Wildman–Crippen LogP) is 3.01. The lowest BCUT2D eigenvalue weighted by Gasteiger charge is -2.27. The molecule has 1 unspecified atom stereocenters. The van der Waals surface area contributed by atoms with Gasteiger partial charge in [0.15, 0.2) is 0 Å². The van der Waals surface area contributed by atoms with E-state index in [1.165, 1.54) is 0 Å². The minimum absolute atomic E-state index is 0.0658. The average Bonchev–Trinajstić information content (AvgIpc) is 3.37. The third-order valence-corrected chi connectivity index (χ3v) is 5.82. The number of nitrogens with zero attached hydrogens (tertiary/aromatic N) is 2. The number of fused-ring (bicyclic) bond motifs is 1.